The van der Waals surface area contributed by atoms with Gasteiger partial charge in [-0.05, 0) is 40.8 Å². The summed E-state index contributed by atoms with van der Waals surface area (Å²) in [7, 11) is 0. The molecule has 0 saturated heterocycles. The average Bonchev–Trinajstić information content (AvgIpc) is 2.49. The van der Waals surface area contributed by atoms with E-state index in [1.54, 1.807) is 0 Å². The zero-order chi connectivity index (χ0) is 9.42. The Labute approximate surface area is 92.9 Å². The Hall–Kier alpha value is -0.620. The smallest absolute Gasteiger partial charge is 0.258 e. The molecular formula is C9H6INOS. The van der Waals surface area contributed by atoms with Crippen LogP contribution in [0.1, 0.15) is 9.67 Å². The van der Waals surface area contributed by atoms with Crippen LogP contribution in [0.5, 0.6) is 0 Å². The van der Waals surface area contributed by atoms with Crippen molar-refractivity contribution in [2.45, 2.75) is 0 Å². The zero-order valence-corrected chi connectivity index (χ0v) is 9.56. The molecule has 0 fully saturated rings. The molecule has 0 aliphatic heterocycles. The molecule has 0 saturated carbocycles. The number of nitrogens with two attached hydrogens (primary N) is 1. The van der Waals surface area contributed by atoms with Crippen LogP contribution < -0.4 is 5.73 Å². The van der Waals surface area contributed by atoms with Gasteiger partial charge in [-0.2, -0.15) is 0 Å². The van der Waals surface area contributed by atoms with Crippen LogP contribution in [0.4, 0.5) is 0 Å². The zero-order valence-electron chi connectivity index (χ0n) is 6.58. The largest absolute Gasteiger partial charge is 0.365 e. The molecule has 13 heavy (non-hydrogen) atoms. The molecule has 0 aliphatic carbocycles. The minimum Gasteiger partial charge on any atom is -0.365 e. The van der Waals surface area contributed by atoms with E-state index in [1.165, 1.54) is 11.3 Å². The molecule has 2 N–H and O–H groups in total. The van der Waals surface area contributed by atoms with Gasteiger partial charge in [-0.1, -0.05) is 6.07 Å². The number of hydrogen-bond donors (Lipinski definition) is 1. The molecule has 66 valence electrons. The van der Waals surface area contributed by atoms with Gasteiger partial charge in [-0.25, -0.2) is 0 Å². The van der Waals surface area contributed by atoms with Crippen LogP contribution in [0.3, 0.4) is 0 Å². The van der Waals surface area contributed by atoms with Crippen molar-refractivity contribution >= 4 is 49.9 Å². The highest BCUT2D eigenvalue weighted by molar-refractivity contribution is 14.1. The summed E-state index contributed by atoms with van der Waals surface area (Å²) in [6.07, 6.45) is 0. The number of thiophene rings is 1. The first-order valence-electron chi connectivity index (χ1n) is 3.66. The Balaban J connectivity index is 2.75. The third-order valence-electron chi connectivity index (χ3n) is 1.75. The van der Waals surface area contributed by atoms with Crippen LogP contribution >= 0.6 is 33.9 Å². The molecule has 0 aliphatic rings. The number of primary amides is 1. The van der Waals surface area contributed by atoms with E-state index in [2.05, 4.69) is 22.6 Å². The maximum atomic E-state index is 10.9. The van der Waals surface area contributed by atoms with Gasteiger partial charge < -0.3 is 5.73 Å². The summed E-state index contributed by atoms with van der Waals surface area (Å²) in [5.41, 5.74) is 5.20. The fraction of sp³-hybridized carbons (Fsp3) is 0. The predicted octanol–water partition coefficient (Wildman–Crippen LogP) is 2.60. The average molecular weight is 303 g/mol. The van der Waals surface area contributed by atoms with Gasteiger partial charge in [0.2, 0.25) is 0 Å². The number of hydrogen-bond acceptors (Lipinski definition) is 2. The first-order valence-corrected chi connectivity index (χ1v) is 5.56. The SMILES string of the molecule is NC(=O)c1cc2c(I)cccc2s1. The third kappa shape index (κ3) is 1.55. The number of carbonyl (C=O) groups excluding carboxylic acids is 1. The van der Waals surface area contributed by atoms with Crippen molar-refractivity contribution in [1.29, 1.82) is 0 Å². The Morgan fingerprint density at radius 2 is 2.23 bits per heavy atom. The fourth-order valence-electron chi connectivity index (χ4n) is 1.15. The van der Waals surface area contributed by atoms with Crippen molar-refractivity contribution in [2.75, 3.05) is 0 Å². The van der Waals surface area contributed by atoms with E-state index >= 15 is 0 Å². The van der Waals surface area contributed by atoms with E-state index in [0.29, 0.717) is 4.88 Å². The van der Waals surface area contributed by atoms with E-state index in [1.807, 2.05) is 24.3 Å². The molecule has 0 radical (unpaired) electrons. The van der Waals surface area contributed by atoms with Crippen molar-refractivity contribution in [3.8, 4) is 0 Å². The van der Waals surface area contributed by atoms with Gasteiger partial charge >= 0.3 is 0 Å². The summed E-state index contributed by atoms with van der Waals surface area (Å²) in [5, 5.41) is 1.11. The van der Waals surface area contributed by atoms with Crippen LogP contribution in [0.2, 0.25) is 0 Å². The molecule has 4 heteroatoms. The summed E-state index contributed by atoms with van der Waals surface area (Å²) >= 11 is 3.69. The molecule has 2 nitrogen and oxygen atoms in total. The Morgan fingerprint density at radius 1 is 1.46 bits per heavy atom. The molecule has 1 aromatic heterocycles. The maximum Gasteiger partial charge on any atom is 0.258 e. The van der Waals surface area contributed by atoms with Gasteiger partial charge in [-0.15, -0.1) is 11.3 Å². The van der Waals surface area contributed by atoms with Gasteiger partial charge in [-0.3, -0.25) is 4.79 Å². The predicted molar refractivity (Wildman–Crippen MR) is 63.1 cm³/mol. The van der Waals surface area contributed by atoms with E-state index in [-0.39, 0.29) is 5.91 Å². The minimum atomic E-state index is -0.350. The maximum absolute atomic E-state index is 10.9. The number of fused-ring (bicyclic) bond motifs is 1. The highest BCUT2D eigenvalue weighted by Gasteiger charge is 2.07. The highest BCUT2D eigenvalue weighted by Crippen LogP contribution is 2.28. The van der Waals surface area contributed by atoms with E-state index < -0.39 is 0 Å². The fourth-order valence-corrected chi connectivity index (χ4v) is 2.92. The number of amides is 1. The minimum absolute atomic E-state index is 0.350. The first kappa shape index (κ1) is 8.96. The van der Waals surface area contributed by atoms with Crippen molar-refractivity contribution in [3.05, 3.63) is 32.7 Å². The van der Waals surface area contributed by atoms with Gasteiger partial charge in [0.15, 0.2) is 0 Å². The molecule has 1 amide bonds. The van der Waals surface area contributed by atoms with Crippen molar-refractivity contribution in [3.63, 3.8) is 0 Å². The third-order valence-corrected chi connectivity index (χ3v) is 3.81. The lowest BCUT2D eigenvalue weighted by atomic mass is 10.2. The Bertz CT molecular complexity index is 477. The van der Waals surface area contributed by atoms with Crippen LogP contribution in [-0.2, 0) is 0 Å². The second-order valence-electron chi connectivity index (χ2n) is 2.63. The Morgan fingerprint density at radius 3 is 2.85 bits per heavy atom. The Kier molecular flexibility index (Phi) is 2.25. The van der Waals surface area contributed by atoms with Gasteiger partial charge in [0.1, 0.15) is 0 Å². The normalized spacial score (nSPS) is 10.5. The summed E-state index contributed by atoms with van der Waals surface area (Å²) in [4.78, 5) is 11.5. The second kappa shape index (κ2) is 3.26. The molecule has 1 heterocycles. The highest BCUT2D eigenvalue weighted by atomic mass is 127. The second-order valence-corrected chi connectivity index (χ2v) is 4.87. The molecule has 0 bridgehead atoms. The molecule has 0 unspecified atom stereocenters. The number of benzene rings is 1. The van der Waals surface area contributed by atoms with E-state index in [4.69, 9.17) is 5.73 Å². The van der Waals surface area contributed by atoms with Crippen molar-refractivity contribution in [2.24, 2.45) is 5.73 Å². The molecule has 0 spiro atoms. The molecule has 2 rings (SSSR count). The molecule has 2 aromatic rings. The van der Waals surface area contributed by atoms with Gasteiger partial charge in [0.05, 0.1) is 4.88 Å². The van der Waals surface area contributed by atoms with E-state index in [0.717, 1.165) is 13.7 Å². The van der Waals surface area contributed by atoms with Crippen molar-refractivity contribution in [1.82, 2.24) is 0 Å². The summed E-state index contributed by atoms with van der Waals surface area (Å²) in [6, 6.07) is 7.84. The number of halogens is 1. The number of carbonyl (C=O) groups is 1. The lowest BCUT2D eigenvalue weighted by Gasteiger charge is -1.89. The van der Waals surface area contributed by atoms with Gasteiger partial charge in [0, 0.05) is 13.7 Å². The van der Waals surface area contributed by atoms with Crippen LogP contribution in [0, 0.1) is 3.57 Å². The summed E-state index contributed by atoms with van der Waals surface area (Å²) in [6.45, 7) is 0. The quantitative estimate of drug-likeness (QED) is 0.809. The summed E-state index contributed by atoms with van der Waals surface area (Å²) < 4.78 is 2.26. The van der Waals surface area contributed by atoms with Crippen LogP contribution in [-0.4, -0.2) is 5.91 Å². The summed E-state index contributed by atoms with van der Waals surface area (Å²) in [5.74, 6) is -0.350. The van der Waals surface area contributed by atoms with Gasteiger partial charge in [0.25, 0.3) is 5.91 Å². The lowest BCUT2D eigenvalue weighted by Crippen LogP contribution is -2.08. The molecular weight excluding hydrogens is 297 g/mol. The molecule has 0 atom stereocenters. The first-order chi connectivity index (χ1) is 6.18. The molecule has 1 aromatic carbocycles. The topological polar surface area (TPSA) is 43.1 Å². The number of rotatable bonds is 1. The lowest BCUT2D eigenvalue weighted by molar-refractivity contribution is 0.100. The van der Waals surface area contributed by atoms with Crippen LogP contribution in [0.15, 0.2) is 24.3 Å². The standard InChI is InChI=1S/C9H6INOS/c10-6-2-1-3-7-5(6)4-8(13-7)9(11)12/h1-4H,(H2,11,12). The van der Waals surface area contributed by atoms with Crippen LogP contribution in [0.25, 0.3) is 10.1 Å². The van der Waals surface area contributed by atoms with Crippen molar-refractivity contribution < 1.29 is 4.79 Å². The monoisotopic (exact) mass is 303 g/mol. The van der Waals surface area contributed by atoms with E-state index in [9.17, 15) is 4.79 Å².